The summed E-state index contributed by atoms with van der Waals surface area (Å²) in [5.74, 6) is 0.358. The molecule has 0 saturated heterocycles. The molecule has 1 rings (SSSR count). The summed E-state index contributed by atoms with van der Waals surface area (Å²) < 4.78 is 5.61. The van der Waals surface area contributed by atoms with Gasteiger partial charge in [0.2, 0.25) is 0 Å². The number of phenols is 1. The lowest BCUT2D eigenvalue weighted by Gasteiger charge is -2.12. The fourth-order valence-electron chi connectivity index (χ4n) is 1.18. The Balaban J connectivity index is 3.32. The third-order valence-corrected chi connectivity index (χ3v) is 2.74. The van der Waals surface area contributed by atoms with Crippen LogP contribution in [0.4, 0.5) is 0 Å². The molecular formula is C10H10BrNO2. The van der Waals surface area contributed by atoms with Crippen molar-refractivity contribution >= 4 is 15.9 Å². The van der Waals surface area contributed by atoms with Gasteiger partial charge >= 0.3 is 0 Å². The number of aromatic hydroxyl groups is 1. The van der Waals surface area contributed by atoms with Gasteiger partial charge < -0.3 is 9.84 Å². The Morgan fingerprint density at radius 2 is 2.21 bits per heavy atom. The Kier molecular flexibility index (Phi) is 3.37. The minimum atomic E-state index is -0.262. The number of halogens is 1. The van der Waals surface area contributed by atoms with Crippen LogP contribution in [-0.4, -0.2) is 12.2 Å². The van der Waals surface area contributed by atoms with Crippen LogP contribution in [0.15, 0.2) is 16.6 Å². The van der Waals surface area contributed by atoms with Crippen LogP contribution in [0.2, 0.25) is 0 Å². The lowest BCUT2D eigenvalue weighted by molar-refractivity contribution is 0.398. The number of ether oxygens (including phenoxy) is 1. The third kappa shape index (κ3) is 1.83. The van der Waals surface area contributed by atoms with E-state index in [0.29, 0.717) is 10.2 Å². The highest BCUT2D eigenvalue weighted by atomic mass is 79.9. The molecule has 0 spiro atoms. The number of hydrogen-bond donors (Lipinski definition) is 1. The first-order valence-electron chi connectivity index (χ1n) is 4.06. The fraction of sp³-hybridized carbons (Fsp3) is 0.300. The van der Waals surface area contributed by atoms with Crippen LogP contribution in [0, 0.1) is 11.3 Å². The first kappa shape index (κ1) is 10.9. The van der Waals surface area contributed by atoms with E-state index in [9.17, 15) is 5.11 Å². The summed E-state index contributed by atoms with van der Waals surface area (Å²) in [7, 11) is 1.51. The van der Waals surface area contributed by atoms with E-state index < -0.39 is 0 Å². The maximum absolute atomic E-state index is 9.40. The molecule has 1 unspecified atom stereocenters. The quantitative estimate of drug-likeness (QED) is 0.885. The summed E-state index contributed by atoms with van der Waals surface area (Å²) in [4.78, 5) is 0. The Morgan fingerprint density at radius 1 is 1.57 bits per heavy atom. The first-order chi connectivity index (χ1) is 6.61. The molecule has 0 aliphatic rings. The predicted octanol–water partition coefficient (Wildman–Crippen LogP) is 2.79. The van der Waals surface area contributed by atoms with Crippen molar-refractivity contribution in [3.05, 3.63) is 22.2 Å². The van der Waals surface area contributed by atoms with E-state index in [0.717, 1.165) is 5.56 Å². The van der Waals surface area contributed by atoms with Crippen molar-refractivity contribution in [2.24, 2.45) is 0 Å². The lowest BCUT2D eigenvalue weighted by Crippen LogP contribution is -1.96. The maximum atomic E-state index is 9.40. The van der Waals surface area contributed by atoms with Gasteiger partial charge in [0.1, 0.15) is 16.0 Å². The van der Waals surface area contributed by atoms with E-state index in [1.807, 2.05) is 0 Å². The molecule has 0 aromatic heterocycles. The molecule has 0 fully saturated rings. The van der Waals surface area contributed by atoms with Gasteiger partial charge in [-0.15, -0.1) is 0 Å². The molecule has 1 aromatic carbocycles. The van der Waals surface area contributed by atoms with Crippen LogP contribution in [0.5, 0.6) is 11.5 Å². The van der Waals surface area contributed by atoms with Gasteiger partial charge in [0.05, 0.1) is 19.1 Å². The molecule has 1 aromatic rings. The molecule has 0 saturated carbocycles. The Labute approximate surface area is 91.1 Å². The Morgan fingerprint density at radius 3 is 2.71 bits per heavy atom. The van der Waals surface area contributed by atoms with E-state index in [-0.39, 0.29) is 11.7 Å². The molecule has 0 heterocycles. The van der Waals surface area contributed by atoms with Gasteiger partial charge in [0.25, 0.3) is 0 Å². The lowest BCUT2D eigenvalue weighted by atomic mass is 10.0. The molecule has 0 amide bonds. The second kappa shape index (κ2) is 4.34. The molecule has 4 heteroatoms. The van der Waals surface area contributed by atoms with Crippen LogP contribution in [0.25, 0.3) is 0 Å². The van der Waals surface area contributed by atoms with Crippen molar-refractivity contribution < 1.29 is 9.84 Å². The van der Waals surface area contributed by atoms with E-state index >= 15 is 0 Å². The second-order valence-corrected chi connectivity index (χ2v) is 3.66. The smallest absolute Gasteiger partial charge is 0.141 e. The van der Waals surface area contributed by atoms with Gasteiger partial charge in [-0.25, -0.2) is 0 Å². The van der Waals surface area contributed by atoms with Crippen molar-refractivity contribution in [3.8, 4) is 17.6 Å². The predicted molar refractivity (Wildman–Crippen MR) is 56.4 cm³/mol. The molecule has 74 valence electrons. The van der Waals surface area contributed by atoms with Gasteiger partial charge in [-0.05, 0) is 28.9 Å². The molecule has 1 N–H and O–H groups in total. The number of nitriles is 1. The molecule has 3 nitrogen and oxygen atoms in total. The number of benzene rings is 1. The van der Waals surface area contributed by atoms with Crippen molar-refractivity contribution in [2.75, 3.05) is 7.11 Å². The SMILES string of the molecule is COc1c(C(C)C#N)ccc(O)c1Br. The summed E-state index contributed by atoms with van der Waals surface area (Å²) >= 11 is 3.20. The zero-order chi connectivity index (χ0) is 10.7. The molecule has 14 heavy (non-hydrogen) atoms. The van der Waals surface area contributed by atoms with Crippen LogP contribution < -0.4 is 4.74 Å². The van der Waals surface area contributed by atoms with Crippen LogP contribution in [0.1, 0.15) is 18.4 Å². The van der Waals surface area contributed by atoms with Crippen LogP contribution >= 0.6 is 15.9 Å². The zero-order valence-electron chi connectivity index (χ0n) is 7.91. The highest BCUT2D eigenvalue weighted by molar-refractivity contribution is 9.10. The second-order valence-electron chi connectivity index (χ2n) is 2.87. The standard InChI is InChI=1S/C10H10BrNO2/c1-6(5-12)7-3-4-8(13)9(11)10(7)14-2/h3-4,6,13H,1-2H3. The zero-order valence-corrected chi connectivity index (χ0v) is 9.50. The maximum Gasteiger partial charge on any atom is 0.141 e. The average molecular weight is 256 g/mol. The van der Waals surface area contributed by atoms with Gasteiger partial charge in [-0.1, -0.05) is 6.07 Å². The fourth-order valence-corrected chi connectivity index (χ4v) is 1.70. The summed E-state index contributed by atoms with van der Waals surface area (Å²) in [6, 6.07) is 5.34. The van der Waals surface area contributed by atoms with E-state index in [1.165, 1.54) is 13.2 Å². The van der Waals surface area contributed by atoms with Gasteiger partial charge in [-0.3, -0.25) is 0 Å². The normalized spacial score (nSPS) is 11.9. The van der Waals surface area contributed by atoms with Crippen molar-refractivity contribution in [1.29, 1.82) is 5.26 Å². The summed E-state index contributed by atoms with van der Waals surface area (Å²) in [6.45, 7) is 1.78. The van der Waals surface area contributed by atoms with Gasteiger partial charge in [0, 0.05) is 5.56 Å². The van der Waals surface area contributed by atoms with Crippen molar-refractivity contribution in [1.82, 2.24) is 0 Å². The topological polar surface area (TPSA) is 53.2 Å². The number of phenolic OH excluding ortho intramolecular Hbond substituents is 1. The van der Waals surface area contributed by atoms with E-state index in [4.69, 9.17) is 10.00 Å². The van der Waals surface area contributed by atoms with E-state index in [1.54, 1.807) is 13.0 Å². The highest BCUT2D eigenvalue weighted by Crippen LogP contribution is 2.39. The molecular weight excluding hydrogens is 246 g/mol. The van der Waals surface area contributed by atoms with Crippen LogP contribution in [0.3, 0.4) is 0 Å². The number of methoxy groups -OCH3 is 1. The Hall–Kier alpha value is -1.21. The number of nitrogens with zero attached hydrogens (tertiary/aromatic N) is 1. The monoisotopic (exact) mass is 255 g/mol. The summed E-state index contributed by atoms with van der Waals surface area (Å²) in [5, 5.41) is 18.2. The largest absolute Gasteiger partial charge is 0.507 e. The molecule has 1 atom stereocenters. The minimum absolute atomic E-state index is 0.107. The average Bonchev–Trinajstić information content (AvgIpc) is 2.20. The molecule has 0 aliphatic heterocycles. The van der Waals surface area contributed by atoms with Crippen molar-refractivity contribution in [2.45, 2.75) is 12.8 Å². The third-order valence-electron chi connectivity index (χ3n) is 1.97. The number of hydrogen-bond acceptors (Lipinski definition) is 3. The molecule has 0 bridgehead atoms. The van der Waals surface area contributed by atoms with Gasteiger partial charge in [-0.2, -0.15) is 5.26 Å². The van der Waals surface area contributed by atoms with Gasteiger partial charge in [0.15, 0.2) is 0 Å². The number of rotatable bonds is 2. The van der Waals surface area contributed by atoms with Crippen LogP contribution in [-0.2, 0) is 0 Å². The molecule has 0 radical (unpaired) electrons. The van der Waals surface area contributed by atoms with E-state index in [2.05, 4.69) is 22.0 Å². The molecule has 0 aliphatic carbocycles. The Bertz CT molecular complexity index is 384. The van der Waals surface area contributed by atoms with Crippen molar-refractivity contribution in [3.63, 3.8) is 0 Å². The first-order valence-corrected chi connectivity index (χ1v) is 4.86. The highest BCUT2D eigenvalue weighted by Gasteiger charge is 2.15. The summed E-state index contributed by atoms with van der Waals surface area (Å²) in [6.07, 6.45) is 0. The minimum Gasteiger partial charge on any atom is -0.507 e. The summed E-state index contributed by atoms with van der Waals surface area (Å²) in [5.41, 5.74) is 0.764.